The van der Waals surface area contributed by atoms with Gasteiger partial charge in [-0.05, 0) is 91.6 Å². The van der Waals surface area contributed by atoms with Crippen LogP contribution in [0.15, 0.2) is 188 Å². The zero-order valence-corrected chi connectivity index (χ0v) is 29.7. The van der Waals surface area contributed by atoms with Gasteiger partial charge in [-0.15, -0.1) is 0 Å². The third-order valence-electron chi connectivity index (χ3n) is 11.2. The quantitative estimate of drug-likeness (QED) is 0.133. The van der Waals surface area contributed by atoms with Crippen LogP contribution in [0.4, 0.5) is 5.69 Å². The number of pyridine rings is 1. The molecule has 0 N–H and O–H groups in total. The van der Waals surface area contributed by atoms with Gasteiger partial charge < -0.3 is 4.57 Å². The zero-order chi connectivity index (χ0) is 36.5. The molecule has 2 heterocycles. The minimum Gasteiger partial charge on any atom is -0.309 e. The molecule has 0 bridgehead atoms. The van der Waals surface area contributed by atoms with Crippen molar-refractivity contribution < 1.29 is 0 Å². The average molecular weight is 698 g/mol. The fourth-order valence-corrected chi connectivity index (χ4v) is 8.63. The van der Waals surface area contributed by atoms with Crippen molar-refractivity contribution in [2.24, 2.45) is 0 Å². The summed E-state index contributed by atoms with van der Waals surface area (Å²) in [6.07, 6.45) is 0. The first-order valence-corrected chi connectivity index (χ1v) is 18.6. The first kappa shape index (κ1) is 31.0. The standard InChI is InChI=1S/C52H31N3/c1-53-38-26-29-49-46(32-38)45-30-36(25-28-48(45)55(49)39-14-6-3-7-15-39)34-20-22-35(23-21-34)52-51-43-19-11-9-17-41(43)40-16-8-10-18-42(40)50(51)44-27-24-37(31-47(44)54-52)33-12-4-2-5-13-33/h2-32H. The minimum atomic E-state index is 0.640. The summed E-state index contributed by atoms with van der Waals surface area (Å²) in [5.74, 6) is 0. The van der Waals surface area contributed by atoms with Crippen LogP contribution in [0, 0.1) is 6.57 Å². The van der Waals surface area contributed by atoms with Gasteiger partial charge in [0, 0.05) is 32.8 Å². The fourth-order valence-electron chi connectivity index (χ4n) is 8.63. The highest BCUT2D eigenvalue weighted by Crippen LogP contribution is 2.44. The lowest BCUT2D eigenvalue weighted by molar-refractivity contribution is 1.18. The van der Waals surface area contributed by atoms with Crippen LogP contribution in [0.5, 0.6) is 0 Å². The van der Waals surface area contributed by atoms with Gasteiger partial charge in [0.1, 0.15) is 0 Å². The first-order valence-electron chi connectivity index (χ1n) is 18.6. The molecule has 0 radical (unpaired) electrons. The number of hydrogen-bond acceptors (Lipinski definition) is 1. The molecule has 11 rings (SSSR count). The maximum absolute atomic E-state index is 7.71. The monoisotopic (exact) mass is 697 g/mol. The highest BCUT2D eigenvalue weighted by atomic mass is 15.0. The van der Waals surface area contributed by atoms with E-state index in [4.69, 9.17) is 11.6 Å². The number of aromatic nitrogens is 2. The Labute approximate surface area is 317 Å². The second-order valence-electron chi connectivity index (χ2n) is 14.2. The number of fused-ring (bicyclic) bond motifs is 11. The van der Waals surface area contributed by atoms with Gasteiger partial charge >= 0.3 is 0 Å². The molecule has 3 heteroatoms. The number of benzene rings is 9. The highest BCUT2D eigenvalue weighted by Gasteiger charge is 2.19. The number of para-hydroxylation sites is 1. The number of hydrogen-bond donors (Lipinski definition) is 0. The molecule has 0 amide bonds. The molecular formula is C52H31N3. The Bertz CT molecular complexity index is 3350. The zero-order valence-electron chi connectivity index (χ0n) is 29.7. The lowest BCUT2D eigenvalue weighted by Gasteiger charge is -2.17. The first-order chi connectivity index (χ1) is 27.2. The summed E-state index contributed by atoms with van der Waals surface area (Å²) >= 11 is 0. The molecule has 2 aromatic heterocycles. The summed E-state index contributed by atoms with van der Waals surface area (Å²) in [4.78, 5) is 9.27. The van der Waals surface area contributed by atoms with Crippen molar-refractivity contribution in [2.75, 3.05) is 0 Å². The van der Waals surface area contributed by atoms with Gasteiger partial charge in [-0.1, -0.05) is 146 Å². The molecule has 254 valence electrons. The van der Waals surface area contributed by atoms with E-state index in [1.54, 1.807) is 0 Å². The van der Waals surface area contributed by atoms with Crippen molar-refractivity contribution >= 4 is 70.7 Å². The van der Waals surface area contributed by atoms with Crippen molar-refractivity contribution in [1.82, 2.24) is 9.55 Å². The van der Waals surface area contributed by atoms with Crippen LogP contribution in [0.25, 0.3) is 109 Å². The van der Waals surface area contributed by atoms with Gasteiger partial charge in [0.05, 0.1) is 28.8 Å². The summed E-state index contributed by atoms with van der Waals surface area (Å²) in [6, 6.07) is 66.8. The van der Waals surface area contributed by atoms with Gasteiger partial charge in [-0.3, -0.25) is 0 Å². The second kappa shape index (κ2) is 12.3. The van der Waals surface area contributed by atoms with Crippen molar-refractivity contribution in [2.45, 2.75) is 0 Å². The molecule has 0 unspecified atom stereocenters. The molecule has 0 saturated heterocycles. The molecule has 0 fully saturated rings. The smallest absolute Gasteiger partial charge is 0.188 e. The summed E-state index contributed by atoms with van der Waals surface area (Å²) < 4.78 is 2.29. The second-order valence-corrected chi connectivity index (χ2v) is 14.2. The number of nitrogens with zero attached hydrogens (tertiary/aromatic N) is 3. The fraction of sp³-hybridized carbons (Fsp3) is 0. The maximum Gasteiger partial charge on any atom is 0.188 e. The predicted octanol–water partition coefficient (Wildman–Crippen LogP) is 14.3. The van der Waals surface area contributed by atoms with E-state index in [2.05, 4.69) is 179 Å². The largest absolute Gasteiger partial charge is 0.309 e. The summed E-state index contributed by atoms with van der Waals surface area (Å²) in [7, 11) is 0. The van der Waals surface area contributed by atoms with Crippen molar-refractivity contribution in [3.8, 4) is 39.2 Å². The molecule has 55 heavy (non-hydrogen) atoms. The molecule has 9 aromatic carbocycles. The van der Waals surface area contributed by atoms with Gasteiger partial charge in [0.2, 0.25) is 0 Å². The molecular weight excluding hydrogens is 667 g/mol. The normalized spacial score (nSPS) is 11.6. The Kier molecular flexibility index (Phi) is 6.92. The Hall–Kier alpha value is -7.54. The minimum absolute atomic E-state index is 0.640. The van der Waals surface area contributed by atoms with E-state index in [9.17, 15) is 0 Å². The van der Waals surface area contributed by atoms with Crippen LogP contribution in [0.3, 0.4) is 0 Å². The molecule has 0 saturated carbocycles. The van der Waals surface area contributed by atoms with E-state index in [-0.39, 0.29) is 0 Å². The van der Waals surface area contributed by atoms with Gasteiger partial charge in [-0.25, -0.2) is 9.83 Å². The Balaban J connectivity index is 1.12. The predicted molar refractivity (Wildman–Crippen MR) is 231 cm³/mol. The van der Waals surface area contributed by atoms with Crippen molar-refractivity contribution in [3.63, 3.8) is 0 Å². The van der Waals surface area contributed by atoms with E-state index in [0.29, 0.717) is 5.69 Å². The lowest BCUT2D eigenvalue weighted by Crippen LogP contribution is -1.94. The van der Waals surface area contributed by atoms with Gasteiger partial charge in [0.25, 0.3) is 0 Å². The maximum atomic E-state index is 7.71. The summed E-state index contributed by atoms with van der Waals surface area (Å²) in [5.41, 5.74) is 11.6. The number of rotatable bonds is 4. The van der Waals surface area contributed by atoms with Gasteiger partial charge in [-0.2, -0.15) is 0 Å². The highest BCUT2D eigenvalue weighted by molar-refractivity contribution is 6.33. The molecule has 11 aromatic rings. The van der Waals surface area contributed by atoms with Crippen LogP contribution < -0.4 is 0 Å². The summed E-state index contributed by atoms with van der Waals surface area (Å²) in [5, 5.41) is 10.7. The summed E-state index contributed by atoms with van der Waals surface area (Å²) in [6.45, 7) is 7.71. The van der Waals surface area contributed by atoms with Crippen molar-refractivity contribution in [3.05, 3.63) is 199 Å². The van der Waals surface area contributed by atoms with E-state index in [0.717, 1.165) is 66.3 Å². The van der Waals surface area contributed by atoms with Crippen LogP contribution in [-0.2, 0) is 0 Å². The van der Waals surface area contributed by atoms with Gasteiger partial charge in [0.15, 0.2) is 5.69 Å². The van der Waals surface area contributed by atoms with Crippen LogP contribution in [0.2, 0.25) is 0 Å². The average Bonchev–Trinajstić information content (AvgIpc) is 3.59. The molecule has 0 aliphatic carbocycles. The molecule has 3 nitrogen and oxygen atoms in total. The van der Waals surface area contributed by atoms with E-state index < -0.39 is 0 Å². The van der Waals surface area contributed by atoms with Crippen LogP contribution in [0.1, 0.15) is 0 Å². The van der Waals surface area contributed by atoms with E-state index in [1.807, 2.05) is 18.2 Å². The third kappa shape index (κ3) is 4.86. The van der Waals surface area contributed by atoms with Crippen molar-refractivity contribution in [1.29, 1.82) is 0 Å². The Morgan fingerprint density at radius 2 is 0.909 bits per heavy atom. The molecule has 0 spiro atoms. The van der Waals surface area contributed by atoms with Crippen LogP contribution >= 0.6 is 0 Å². The topological polar surface area (TPSA) is 22.2 Å². The third-order valence-corrected chi connectivity index (χ3v) is 11.2. The Morgan fingerprint density at radius 3 is 1.62 bits per heavy atom. The molecule has 0 aliphatic rings. The van der Waals surface area contributed by atoms with Crippen LogP contribution in [-0.4, -0.2) is 9.55 Å². The molecule has 0 aliphatic heterocycles. The molecule has 0 atom stereocenters. The lowest BCUT2D eigenvalue weighted by atomic mass is 9.89. The Morgan fingerprint density at radius 1 is 0.382 bits per heavy atom. The van der Waals surface area contributed by atoms with E-state index >= 15 is 0 Å². The van der Waals surface area contributed by atoms with E-state index in [1.165, 1.54) is 37.9 Å². The SMILES string of the molecule is [C-]#[N+]c1ccc2c(c1)c1cc(-c3ccc(-c4nc5cc(-c6ccccc6)ccc5c5c6ccccc6c6ccccc6c45)cc3)ccc1n2-c1ccccc1.